The van der Waals surface area contributed by atoms with Crippen LogP contribution in [0.25, 0.3) is 0 Å². The predicted molar refractivity (Wildman–Crippen MR) is 461 cm³/mol. The van der Waals surface area contributed by atoms with Crippen molar-refractivity contribution in [3.63, 3.8) is 0 Å². The number of carbonyl (C=O) groups excluding carboxylic acids is 2. The second-order valence-electron chi connectivity index (χ2n) is 30.9. The van der Waals surface area contributed by atoms with Crippen LogP contribution in [0.5, 0.6) is 18.0 Å². The van der Waals surface area contributed by atoms with Crippen molar-refractivity contribution < 1.29 is 91.0 Å². The molecule has 0 aliphatic carbocycles. The van der Waals surface area contributed by atoms with Gasteiger partial charge in [0.2, 0.25) is 0 Å². The maximum Gasteiger partial charge on any atom is 2.00 e. The van der Waals surface area contributed by atoms with Crippen molar-refractivity contribution in [1.82, 2.24) is 59.6 Å². The number of hydrogen-bond acceptors (Lipinski definition) is 29. The van der Waals surface area contributed by atoms with Crippen LogP contribution in [0.4, 0.5) is 42.3 Å². The fourth-order valence-corrected chi connectivity index (χ4v) is 13.1. The molecule has 3 aliphatic rings. The van der Waals surface area contributed by atoms with Crippen LogP contribution in [-0.2, 0) is 97.0 Å². The van der Waals surface area contributed by atoms with Gasteiger partial charge in [-0.3, -0.25) is 4.79 Å². The largest absolute Gasteiger partial charge is 2.00 e. The number of aromatic nitrogens is 9. The summed E-state index contributed by atoms with van der Waals surface area (Å²) in [5.74, 6) is 2.00. The number of nitrogens with two attached hydrogens (primary N) is 1. The number of anilines is 5. The van der Waals surface area contributed by atoms with E-state index in [1.807, 2.05) is 56.2 Å². The maximum atomic E-state index is 14.6. The first-order valence-corrected chi connectivity index (χ1v) is 41.0. The van der Waals surface area contributed by atoms with Crippen molar-refractivity contribution in [3.05, 3.63) is 127 Å². The third-order valence-corrected chi connectivity index (χ3v) is 18.9. The number of carbonyl (C=O) groups is 3. The van der Waals surface area contributed by atoms with Crippen LogP contribution in [0.1, 0.15) is 152 Å². The van der Waals surface area contributed by atoms with Crippen LogP contribution in [0, 0.1) is 14.9 Å². The number of unbranched alkanes of at least 4 members (excludes halogenated alkanes) is 3. The number of alkyl halides is 3. The van der Waals surface area contributed by atoms with Crippen LogP contribution >= 0.6 is 11.6 Å². The molecule has 9 heterocycles. The normalized spacial score (nSPS) is 14.1. The number of hydrogen-bond donors (Lipinski definition) is 7. The summed E-state index contributed by atoms with van der Waals surface area (Å²) in [6.07, 6.45) is 17.0. The minimum atomic E-state index is -1.15. The Labute approximate surface area is 728 Å². The number of esters is 2. The van der Waals surface area contributed by atoms with Gasteiger partial charge < -0.3 is 105 Å². The molecule has 3 aliphatic heterocycles. The Morgan fingerprint density at radius 2 is 0.825 bits per heavy atom. The molecule has 0 saturated heterocycles. The van der Waals surface area contributed by atoms with Gasteiger partial charge in [-0.25, -0.2) is 52.7 Å². The number of ether oxygens (including phenoxy) is 8. The predicted octanol–water partition coefficient (Wildman–Crippen LogP) is 12.0. The number of halogens is 4. The Bertz CT molecular complexity index is 3870. The van der Waals surface area contributed by atoms with E-state index in [0.717, 1.165) is 157 Å². The fourth-order valence-electron chi connectivity index (χ4n) is 13.0. The molecule has 6 atom stereocenters. The topological polar surface area (TPSA) is 357 Å². The zero-order valence-corrected chi connectivity index (χ0v) is 75.2. The number of carboxylic acid groups (broad SMARTS) is 1. The molecule has 0 saturated carbocycles. The summed E-state index contributed by atoms with van der Waals surface area (Å²) >= 11 is 5.49. The maximum absolute atomic E-state index is 14.6. The Morgan fingerprint density at radius 3 is 1.17 bits per heavy atom. The van der Waals surface area contributed by atoms with Crippen LogP contribution in [-0.4, -0.2) is 271 Å². The third kappa shape index (κ3) is 42.6. The summed E-state index contributed by atoms with van der Waals surface area (Å²) in [6.45, 7) is 18.1. The van der Waals surface area contributed by atoms with Gasteiger partial charge >= 0.3 is 56.4 Å². The van der Waals surface area contributed by atoms with Crippen LogP contribution < -0.4 is 46.5 Å². The van der Waals surface area contributed by atoms with Gasteiger partial charge in [0.1, 0.15) is 82.1 Å². The molecule has 30 nitrogen and oxygen atoms in total. The van der Waals surface area contributed by atoms with Gasteiger partial charge in [0.05, 0.1) is 41.2 Å². The van der Waals surface area contributed by atoms with Crippen LogP contribution in [0.2, 0.25) is 5.15 Å². The molecule has 9 rings (SSSR count). The molecule has 120 heavy (non-hydrogen) atoms. The van der Waals surface area contributed by atoms with E-state index in [1.54, 1.807) is 24.4 Å². The second kappa shape index (κ2) is 58.1. The smallest absolute Gasteiger partial charge is 0.480 e. The minimum absolute atomic E-state index is 0. The summed E-state index contributed by atoms with van der Waals surface area (Å²) in [6, 6.07) is 16.0. The summed E-state index contributed by atoms with van der Waals surface area (Å²) in [7, 11) is 8.88. The van der Waals surface area contributed by atoms with E-state index in [0.29, 0.717) is 68.4 Å². The molecule has 0 aromatic carbocycles. The van der Waals surface area contributed by atoms with Gasteiger partial charge in [0.15, 0.2) is 0 Å². The van der Waals surface area contributed by atoms with Crippen molar-refractivity contribution >= 4 is 58.6 Å². The average Bonchev–Trinajstić information content (AvgIpc) is 0.886. The number of aliphatic carboxylic acids is 1. The number of rotatable bonds is 46. The molecule has 0 bridgehead atoms. The zero-order valence-electron chi connectivity index (χ0n) is 72.9. The molecular formula is C85H134ClF3N18O12Pd. The first kappa shape index (κ1) is 106. The number of fused-ring (bicyclic) bond motifs is 3. The molecule has 6 aromatic heterocycles. The number of methoxy groups -OCH3 is 6. The van der Waals surface area contributed by atoms with E-state index < -0.39 is 65.8 Å². The van der Waals surface area contributed by atoms with E-state index in [2.05, 4.69) is 97.6 Å². The number of pyridine rings is 3. The molecule has 0 fully saturated rings. The first-order valence-electron chi connectivity index (χ1n) is 40.6. The van der Waals surface area contributed by atoms with E-state index in [9.17, 15) is 32.7 Å². The van der Waals surface area contributed by atoms with Crippen molar-refractivity contribution in [2.24, 2.45) is 5.73 Å². The fraction of sp³-hybridized carbons (Fsp3) is 0.624. The molecule has 0 spiro atoms. The summed E-state index contributed by atoms with van der Waals surface area (Å²) in [4.78, 5) is 81.2. The number of nitrogens with zero attached hydrogens (tertiary/aromatic N) is 12. The number of carboxylic acids is 1. The Kier molecular flexibility index (Phi) is 51.4. The molecule has 0 unspecified atom stereocenters. The zero-order chi connectivity index (χ0) is 85.0. The Balaban J connectivity index is 0.000000437. The molecule has 0 radical (unpaired) electrons. The van der Waals surface area contributed by atoms with Crippen molar-refractivity contribution in [2.75, 3.05) is 168 Å². The molecule has 674 valence electrons. The Morgan fingerprint density at radius 1 is 0.483 bits per heavy atom. The standard InChI is InChI=1S/C29H45FN6O4.C25H37FN6O4.C24H41FN4O3.C5H5ClN2O.2CH3.Pd/c1-29(2,3)40-27(37)24(34-25-13-16-32-28(35-25)39-5)14-18-36(19-22(30)20-38-4)17-7-6-10-23-12-11-21-9-8-15-31-26(21)33-23;1-35-17-19(26)16-32(14-4-3-7-20-9-8-18-6-5-12-27-23(18)29-20)15-11-21(24(33)34)30-22-10-13-28-25(31-22)36-2;1-24(2,3)32-23(30)21(26)12-15-29(16-19(25)17-31-4)14-6-5-9-20-11-10-18-8-7-13-27-22(18)28-20;1-9-5-7-3-2-4(6)8-5;;;/h11-13,16,22,24H,6-10,14-15,17-20H2,1-5H3,(H,31,33)(H,32,34,35);8-10,13,19,21H,3-7,11-12,14-17H2,1-2H3,(H,27,29)(H,33,34)(H,28,30,31);10-11,19,21H,5-9,12-17,26H2,1-4H3,(H,27,28);2-3H,1H3;2*1H3;/q;;;;2*-1;+2/t22-,24-;2*19-,21-;;;;/m000..../s1. The van der Waals surface area contributed by atoms with Gasteiger partial charge in [-0.05, 0) is 230 Å². The molecule has 0 amide bonds. The van der Waals surface area contributed by atoms with Gasteiger partial charge in [-0.15, -0.1) is 0 Å². The second-order valence-corrected chi connectivity index (χ2v) is 31.3. The third-order valence-electron chi connectivity index (χ3n) is 18.7. The first-order chi connectivity index (χ1) is 56.1. The summed E-state index contributed by atoms with van der Waals surface area (Å²) in [5.41, 5.74) is 11.8. The Hall–Kier alpha value is -8.04. The van der Waals surface area contributed by atoms with Gasteiger partial charge in [0, 0.05) is 116 Å². The molecule has 35 heteroatoms. The van der Waals surface area contributed by atoms with Crippen molar-refractivity contribution in [2.45, 2.75) is 205 Å². The number of nitrogens with one attached hydrogen (secondary N) is 5. The van der Waals surface area contributed by atoms with Gasteiger partial charge in [-0.2, -0.15) is 15.0 Å². The number of aryl methyl sites for hydroxylation is 6. The monoisotopic (exact) mass is 1800 g/mol. The van der Waals surface area contributed by atoms with E-state index in [4.69, 9.17) is 65.4 Å². The van der Waals surface area contributed by atoms with Crippen molar-refractivity contribution in [1.29, 1.82) is 0 Å². The van der Waals surface area contributed by atoms with E-state index in [-0.39, 0.29) is 93.2 Å². The van der Waals surface area contributed by atoms with Crippen LogP contribution in [0.15, 0.2) is 73.2 Å². The minimum Gasteiger partial charge on any atom is -0.480 e. The summed E-state index contributed by atoms with van der Waals surface area (Å²) in [5, 5.41) is 26.3. The molecule has 6 aromatic rings. The van der Waals surface area contributed by atoms with Gasteiger partial charge in [0.25, 0.3) is 0 Å². The molecule has 8 N–H and O–H groups in total. The molecular weight excluding hydrogens is 1660 g/mol. The van der Waals surface area contributed by atoms with E-state index in [1.165, 1.54) is 71.7 Å². The van der Waals surface area contributed by atoms with E-state index >= 15 is 0 Å². The van der Waals surface area contributed by atoms with Crippen LogP contribution in [0.3, 0.4) is 0 Å². The van der Waals surface area contributed by atoms with Gasteiger partial charge in [-0.1, -0.05) is 29.8 Å². The SMILES string of the molecule is COC[C@@H](F)CN(CCCCc1ccc2c(n1)NCCC2)CC[C@H](N)C(=O)OC(C)(C)C.COC[C@@H](F)CN(CCCCc1ccc2c(n1)NCCC2)CC[C@H](Nc1ccnc(OC)n1)C(=O)O.COC[C@@H](F)CN(CCCCc1ccc2c(n1)NCCC2)CC[C@H](Nc1ccnc(OC)n1)C(=O)OC(C)(C)C.COc1nccc(Cl)n1.[CH3-].[CH3-].[Pd+2]. The quantitative estimate of drug-likeness (QED) is 0.00613. The van der Waals surface area contributed by atoms with Crippen molar-refractivity contribution in [3.8, 4) is 18.0 Å². The average molecular weight is 1800 g/mol. The summed E-state index contributed by atoms with van der Waals surface area (Å²) < 4.78 is 83.9.